The fourth-order valence-corrected chi connectivity index (χ4v) is 4.18. The summed E-state index contributed by atoms with van der Waals surface area (Å²) in [5.74, 6) is 1.07. The lowest BCUT2D eigenvalue weighted by molar-refractivity contribution is -0.141. The minimum atomic E-state index is -0.737. The summed E-state index contributed by atoms with van der Waals surface area (Å²) < 4.78 is 5.72. The van der Waals surface area contributed by atoms with E-state index in [0.717, 1.165) is 16.8 Å². The van der Waals surface area contributed by atoms with E-state index in [1.807, 2.05) is 38.1 Å². The Kier molecular flexibility index (Phi) is 6.45. The Hall–Kier alpha value is -2.98. The van der Waals surface area contributed by atoms with Gasteiger partial charge in [-0.1, -0.05) is 6.07 Å². The molecule has 0 aliphatic carbocycles. The molecule has 2 amide bonds. The smallest absolute Gasteiger partial charge is 0.264 e. The molecule has 0 spiro atoms. The average molecular weight is 410 g/mol. The number of nitrogens with zero attached hydrogens (tertiary/aromatic N) is 2. The van der Waals surface area contributed by atoms with Gasteiger partial charge in [-0.25, -0.2) is 0 Å². The summed E-state index contributed by atoms with van der Waals surface area (Å²) in [7, 11) is 0. The highest BCUT2D eigenvalue weighted by Gasteiger charge is 2.37. The number of aryl methyl sites for hydroxylation is 2. The van der Waals surface area contributed by atoms with Gasteiger partial charge in [0.2, 0.25) is 5.91 Å². The third-order valence-electron chi connectivity index (χ3n) is 4.89. The van der Waals surface area contributed by atoms with Gasteiger partial charge in [-0.2, -0.15) is 5.26 Å². The van der Waals surface area contributed by atoms with E-state index in [1.54, 1.807) is 47.9 Å². The van der Waals surface area contributed by atoms with Crippen LogP contribution < -0.4 is 10.1 Å². The highest BCUT2D eigenvalue weighted by atomic mass is 32.2. The summed E-state index contributed by atoms with van der Waals surface area (Å²) in [6.45, 7) is 5.68. The van der Waals surface area contributed by atoms with Crippen LogP contribution in [0.25, 0.3) is 0 Å². The van der Waals surface area contributed by atoms with Crippen LogP contribution in [0.5, 0.6) is 5.75 Å². The molecule has 1 aliphatic heterocycles. The molecule has 0 saturated carbocycles. The van der Waals surface area contributed by atoms with Crippen LogP contribution in [-0.2, 0) is 9.59 Å². The van der Waals surface area contributed by atoms with Crippen molar-refractivity contribution in [2.75, 3.05) is 16.9 Å². The van der Waals surface area contributed by atoms with E-state index < -0.39 is 12.1 Å². The zero-order valence-corrected chi connectivity index (χ0v) is 17.5. The number of nitrogens with one attached hydrogen (secondary N) is 1. The van der Waals surface area contributed by atoms with Gasteiger partial charge in [0.05, 0.1) is 17.5 Å². The molecule has 29 heavy (non-hydrogen) atoms. The molecule has 1 fully saturated rings. The van der Waals surface area contributed by atoms with Crippen molar-refractivity contribution in [3.05, 3.63) is 59.2 Å². The van der Waals surface area contributed by atoms with Gasteiger partial charge in [-0.15, -0.1) is 11.8 Å². The number of carbonyl (C=O) groups excluding carboxylic acids is 2. The lowest BCUT2D eigenvalue weighted by Gasteiger charge is -2.26. The minimum absolute atomic E-state index is 0.197. The normalized spacial score (nSPS) is 16.8. The SMILES string of the molecule is Cc1ccc(NC(=O)C2CSCN2C(=O)C(C)Oc2ccc(C#N)cc2)cc1C. The van der Waals surface area contributed by atoms with E-state index in [9.17, 15) is 9.59 Å². The number of hydrogen-bond acceptors (Lipinski definition) is 5. The Morgan fingerprint density at radius 2 is 1.93 bits per heavy atom. The van der Waals surface area contributed by atoms with Gasteiger partial charge in [0.25, 0.3) is 5.91 Å². The van der Waals surface area contributed by atoms with Crippen LogP contribution in [0, 0.1) is 25.2 Å². The van der Waals surface area contributed by atoms with Crippen LogP contribution in [0.2, 0.25) is 0 Å². The predicted molar refractivity (Wildman–Crippen MR) is 114 cm³/mol. The van der Waals surface area contributed by atoms with Crippen LogP contribution in [0.15, 0.2) is 42.5 Å². The van der Waals surface area contributed by atoms with E-state index >= 15 is 0 Å². The number of rotatable bonds is 5. The third-order valence-corrected chi connectivity index (χ3v) is 5.90. The van der Waals surface area contributed by atoms with Crippen molar-refractivity contribution in [1.82, 2.24) is 4.90 Å². The third kappa shape index (κ3) is 4.90. The maximum Gasteiger partial charge on any atom is 0.264 e. The summed E-state index contributed by atoms with van der Waals surface area (Å²) >= 11 is 1.54. The quantitative estimate of drug-likeness (QED) is 0.818. The predicted octanol–water partition coefficient (Wildman–Crippen LogP) is 3.48. The molecule has 3 rings (SSSR count). The topological polar surface area (TPSA) is 82.4 Å². The first-order valence-corrected chi connectivity index (χ1v) is 10.5. The van der Waals surface area contributed by atoms with Gasteiger partial charge >= 0.3 is 0 Å². The van der Waals surface area contributed by atoms with Crippen LogP contribution in [0.3, 0.4) is 0 Å². The molecule has 1 aliphatic rings. The average Bonchev–Trinajstić information content (AvgIpc) is 3.20. The Morgan fingerprint density at radius 3 is 2.59 bits per heavy atom. The first-order valence-electron chi connectivity index (χ1n) is 9.32. The van der Waals surface area contributed by atoms with Crippen molar-refractivity contribution in [2.24, 2.45) is 0 Å². The largest absolute Gasteiger partial charge is 0.481 e. The Balaban J connectivity index is 1.65. The van der Waals surface area contributed by atoms with Crippen molar-refractivity contribution in [3.63, 3.8) is 0 Å². The number of thioether (sulfide) groups is 1. The van der Waals surface area contributed by atoms with Crippen molar-refractivity contribution in [3.8, 4) is 11.8 Å². The monoisotopic (exact) mass is 409 g/mol. The molecule has 0 aromatic heterocycles. The van der Waals surface area contributed by atoms with Gasteiger partial charge < -0.3 is 15.0 Å². The standard InChI is InChI=1S/C22H23N3O3S/c1-14-4-7-18(10-15(14)2)24-21(26)20-12-29-13-25(20)22(27)16(3)28-19-8-5-17(11-23)6-9-19/h4-10,16,20H,12-13H2,1-3H3,(H,24,26). The maximum absolute atomic E-state index is 12.9. The first-order chi connectivity index (χ1) is 13.9. The minimum Gasteiger partial charge on any atom is -0.481 e. The molecule has 2 aromatic rings. The number of ether oxygens (including phenoxy) is 1. The lowest BCUT2D eigenvalue weighted by Crippen LogP contribution is -2.48. The molecule has 1 saturated heterocycles. The highest BCUT2D eigenvalue weighted by Crippen LogP contribution is 2.25. The molecule has 1 N–H and O–H groups in total. The highest BCUT2D eigenvalue weighted by molar-refractivity contribution is 7.99. The van der Waals surface area contributed by atoms with Gasteiger partial charge in [0, 0.05) is 11.4 Å². The summed E-state index contributed by atoms with van der Waals surface area (Å²) in [4.78, 5) is 27.2. The van der Waals surface area contributed by atoms with Crippen molar-refractivity contribution < 1.29 is 14.3 Å². The number of hydrogen-bond donors (Lipinski definition) is 1. The molecule has 7 heteroatoms. The maximum atomic E-state index is 12.9. The second kappa shape index (κ2) is 9.01. The summed E-state index contributed by atoms with van der Waals surface area (Å²) in [5.41, 5.74) is 3.51. The molecule has 150 valence electrons. The van der Waals surface area contributed by atoms with E-state index in [1.165, 1.54) is 0 Å². The number of anilines is 1. The number of nitriles is 1. The summed E-state index contributed by atoms with van der Waals surface area (Å²) in [6.07, 6.45) is -0.737. The molecular weight excluding hydrogens is 386 g/mol. The van der Waals surface area contributed by atoms with Gasteiger partial charge in [0.1, 0.15) is 11.8 Å². The van der Waals surface area contributed by atoms with Crippen LogP contribution in [-0.4, -0.2) is 40.5 Å². The Morgan fingerprint density at radius 1 is 1.21 bits per heavy atom. The fraction of sp³-hybridized carbons (Fsp3) is 0.318. The molecule has 0 bridgehead atoms. The van der Waals surface area contributed by atoms with Gasteiger partial charge in [0.15, 0.2) is 6.10 Å². The van der Waals surface area contributed by atoms with Crippen molar-refractivity contribution >= 4 is 29.3 Å². The van der Waals surface area contributed by atoms with Crippen LogP contribution in [0.1, 0.15) is 23.6 Å². The molecule has 2 atom stereocenters. The van der Waals surface area contributed by atoms with Crippen molar-refractivity contribution in [1.29, 1.82) is 5.26 Å². The number of carbonyl (C=O) groups is 2. The molecule has 6 nitrogen and oxygen atoms in total. The van der Waals surface area contributed by atoms with E-state index in [0.29, 0.717) is 22.9 Å². The second-order valence-electron chi connectivity index (χ2n) is 7.01. The van der Waals surface area contributed by atoms with E-state index in [2.05, 4.69) is 5.32 Å². The van der Waals surface area contributed by atoms with Crippen LogP contribution in [0.4, 0.5) is 5.69 Å². The first kappa shape index (κ1) is 20.7. The Labute approximate surface area is 174 Å². The van der Waals surface area contributed by atoms with Gasteiger partial charge in [-0.3, -0.25) is 9.59 Å². The number of benzene rings is 2. The van der Waals surface area contributed by atoms with E-state index in [4.69, 9.17) is 10.00 Å². The molecule has 0 radical (unpaired) electrons. The summed E-state index contributed by atoms with van der Waals surface area (Å²) in [6, 6.07) is 13.8. The van der Waals surface area contributed by atoms with Crippen LogP contribution >= 0.6 is 11.8 Å². The lowest BCUT2D eigenvalue weighted by atomic mass is 10.1. The van der Waals surface area contributed by atoms with E-state index in [-0.39, 0.29) is 11.8 Å². The molecule has 2 unspecified atom stereocenters. The second-order valence-corrected chi connectivity index (χ2v) is 8.01. The number of amides is 2. The zero-order chi connectivity index (χ0) is 21.0. The molecule has 1 heterocycles. The molecular formula is C22H23N3O3S. The zero-order valence-electron chi connectivity index (χ0n) is 16.6. The molecule has 2 aromatic carbocycles. The van der Waals surface area contributed by atoms with Gasteiger partial charge in [-0.05, 0) is 68.3 Å². The fourth-order valence-electron chi connectivity index (χ4n) is 3.02. The summed E-state index contributed by atoms with van der Waals surface area (Å²) in [5, 5.41) is 11.8. The van der Waals surface area contributed by atoms with Crippen molar-refractivity contribution in [2.45, 2.75) is 32.9 Å². The Bertz CT molecular complexity index is 953.